The number of carbonyl (C=O) groups is 1. The first-order valence-corrected chi connectivity index (χ1v) is 3.90. The van der Waals surface area contributed by atoms with Crippen LogP contribution >= 0.6 is 15.9 Å². The number of carboxylic acid groups (broad SMARTS) is 1. The van der Waals surface area contributed by atoms with Gasteiger partial charge in [0.1, 0.15) is 0 Å². The molecule has 0 atom stereocenters. The third kappa shape index (κ3) is 2.55. The summed E-state index contributed by atoms with van der Waals surface area (Å²) in [6.45, 7) is 0. The summed E-state index contributed by atoms with van der Waals surface area (Å²) in [5.41, 5.74) is 0. The zero-order chi connectivity index (χ0) is 9.84. The molecule has 13 heavy (non-hydrogen) atoms. The average molecular weight is 249 g/mol. The van der Waals surface area contributed by atoms with Gasteiger partial charge in [0.15, 0.2) is 0 Å². The molecule has 0 spiro atoms. The third-order valence-electron chi connectivity index (χ3n) is 1.06. The van der Waals surface area contributed by atoms with Gasteiger partial charge in [-0.05, 0) is 15.9 Å². The number of ether oxygens (including phenoxy) is 2. The fraction of sp³-hybridized carbons (Fsp3) is 0.167. The summed E-state index contributed by atoms with van der Waals surface area (Å²) in [7, 11) is 1.37. The van der Waals surface area contributed by atoms with Gasteiger partial charge in [0.2, 0.25) is 5.88 Å². The molecule has 1 heterocycles. The Morgan fingerprint density at radius 2 is 2.38 bits per heavy atom. The maximum atomic E-state index is 10.2. The Morgan fingerprint density at radius 3 is 2.92 bits per heavy atom. The lowest BCUT2D eigenvalue weighted by Crippen LogP contribution is -2.06. The minimum Gasteiger partial charge on any atom is -0.467 e. The lowest BCUT2D eigenvalue weighted by Gasteiger charge is -2.02. The van der Waals surface area contributed by atoms with Crippen molar-refractivity contribution in [1.29, 1.82) is 0 Å². The van der Waals surface area contributed by atoms with Gasteiger partial charge in [-0.3, -0.25) is 0 Å². The quantitative estimate of drug-likeness (QED) is 0.795. The van der Waals surface area contributed by atoms with Crippen LogP contribution in [-0.4, -0.2) is 28.3 Å². The van der Waals surface area contributed by atoms with E-state index in [9.17, 15) is 4.79 Å². The molecule has 0 unspecified atom stereocenters. The Balaban J connectivity index is 2.96. The van der Waals surface area contributed by atoms with Crippen molar-refractivity contribution in [3.8, 4) is 11.9 Å². The fourth-order valence-electron chi connectivity index (χ4n) is 0.589. The third-order valence-corrected chi connectivity index (χ3v) is 1.60. The van der Waals surface area contributed by atoms with Crippen LogP contribution in [0.2, 0.25) is 0 Å². The summed E-state index contributed by atoms with van der Waals surface area (Å²) in [4.78, 5) is 17.5. The van der Waals surface area contributed by atoms with Crippen LogP contribution in [0.25, 0.3) is 0 Å². The lowest BCUT2D eigenvalue weighted by molar-refractivity contribution is 0.141. The van der Waals surface area contributed by atoms with E-state index in [0.29, 0.717) is 4.47 Å². The largest absolute Gasteiger partial charge is 0.512 e. The van der Waals surface area contributed by atoms with E-state index in [4.69, 9.17) is 5.11 Å². The van der Waals surface area contributed by atoms with Crippen molar-refractivity contribution >= 4 is 22.1 Å². The van der Waals surface area contributed by atoms with E-state index in [1.54, 1.807) is 0 Å². The Morgan fingerprint density at radius 1 is 1.69 bits per heavy atom. The molecule has 1 aromatic rings. The topological polar surface area (TPSA) is 81.5 Å². The molecule has 0 amide bonds. The van der Waals surface area contributed by atoms with Crippen molar-refractivity contribution < 1.29 is 19.4 Å². The van der Waals surface area contributed by atoms with E-state index in [2.05, 4.69) is 35.4 Å². The molecule has 0 aliphatic rings. The highest BCUT2D eigenvalue weighted by molar-refractivity contribution is 9.10. The second kappa shape index (κ2) is 4.04. The first kappa shape index (κ1) is 9.72. The van der Waals surface area contributed by atoms with Crippen LogP contribution in [0.15, 0.2) is 10.7 Å². The van der Waals surface area contributed by atoms with E-state index < -0.39 is 6.16 Å². The number of nitrogens with zero attached hydrogens (tertiary/aromatic N) is 2. The summed E-state index contributed by atoms with van der Waals surface area (Å²) in [5, 5.41) is 8.31. The fourth-order valence-corrected chi connectivity index (χ4v) is 0.861. The Kier molecular flexibility index (Phi) is 3.02. The number of hydrogen-bond acceptors (Lipinski definition) is 5. The Labute approximate surface area is 81.7 Å². The molecular weight excluding hydrogens is 244 g/mol. The number of halogens is 1. The van der Waals surface area contributed by atoms with Crippen LogP contribution < -0.4 is 9.47 Å². The maximum Gasteiger partial charge on any atom is 0.512 e. The zero-order valence-corrected chi connectivity index (χ0v) is 8.11. The van der Waals surface area contributed by atoms with E-state index in [1.165, 1.54) is 13.3 Å². The highest BCUT2D eigenvalue weighted by Gasteiger charge is 2.09. The van der Waals surface area contributed by atoms with Crippen LogP contribution in [0.1, 0.15) is 0 Å². The molecule has 1 N–H and O–H groups in total. The SMILES string of the molecule is COc1ncc(Br)c(OC(=O)O)n1. The van der Waals surface area contributed by atoms with E-state index in [0.717, 1.165) is 0 Å². The Hall–Kier alpha value is -1.37. The first-order valence-electron chi connectivity index (χ1n) is 3.11. The van der Waals surface area contributed by atoms with Crippen LogP contribution in [0.4, 0.5) is 4.79 Å². The zero-order valence-electron chi connectivity index (χ0n) is 6.52. The minimum absolute atomic E-state index is 0.0412. The summed E-state index contributed by atoms with van der Waals surface area (Å²) >= 11 is 3.02. The number of methoxy groups -OCH3 is 1. The van der Waals surface area contributed by atoms with Gasteiger partial charge in [-0.25, -0.2) is 9.78 Å². The van der Waals surface area contributed by atoms with Crippen molar-refractivity contribution in [2.75, 3.05) is 7.11 Å². The number of rotatable bonds is 2. The van der Waals surface area contributed by atoms with Gasteiger partial charge in [0.25, 0.3) is 0 Å². The highest BCUT2D eigenvalue weighted by atomic mass is 79.9. The predicted octanol–water partition coefficient (Wildman–Crippen LogP) is 1.30. The summed E-state index contributed by atoms with van der Waals surface area (Å²) in [6, 6.07) is 0.0412. The van der Waals surface area contributed by atoms with Crippen LogP contribution in [0, 0.1) is 0 Å². The summed E-state index contributed by atoms with van der Waals surface area (Å²) < 4.78 is 9.34. The molecule has 0 aliphatic heterocycles. The van der Waals surface area contributed by atoms with Crippen molar-refractivity contribution in [1.82, 2.24) is 9.97 Å². The first-order chi connectivity index (χ1) is 6.13. The van der Waals surface area contributed by atoms with Crippen LogP contribution in [0.5, 0.6) is 11.9 Å². The molecule has 0 saturated carbocycles. The van der Waals surface area contributed by atoms with Crippen LogP contribution in [-0.2, 0) is 0 Å². The van der Waals surface area contributed by atoms with Gasteiger partial charge >= 0.3 is 12.2 Å². The smallest absolute Gasteiger partial charge is 0.467 e. The standard InChI is InChI=1S/C6H5BrN2O4/c1-12-5-8-2-3(7)4(9-5)13-6(10)11/h2H,1H3,(H,10,11). The Bertz CT molecular complexity index is 330. The van der Waals surface area contributed by atoms with Crippen molar-refractivity contribution in [3.63, 3.8) is 0 Å². The molecule has 7 heteroatoms. The highest BCUT2D eigenvalue weighted by Crippen LogP contribution is 2.22. The summed E-state index contributed by atoms with van der Waals surface area (Å²) in [6.07, 6.45) is -0.106. The molecular formula is C6H5BrN2O4. The normalized spacial score (nSPS) is 9.38. The van der Waals surface area contributed by atoms with Gasteiger partial charge in [-0.1, -0.05) is 0 Å². The predicted molar refractivity (Wildman–Crippen MR) is 44.9 cm³/mol. The molecule has 0 aliphatic carbocycles. The van der Waals surface area contributed by atoms with E-state index in [1.807, 2.05) is 0 Å². The van der Waals surface area contributed by atoms with Crippen LogP contribution in [0.3, 0.4) is 0 Å². The van der Waals surface area contributed by atoms with Gasteiger partial charge in [-0.2, -0.15) is 4.98 Å². The molecule has 6 nitrogen and oxygen atoms in total. The number of hydrogen-bond donors (Lipinski definition) is 1. The van der Waals surface area contributed by atoms with Gasteiger partial charge in [-0.15, -0.1) is 0 Å². The van der Waals surface area contributed by atoms with Gasteiger partial charge in [0, 0.05) is 0 Å². The van der Waals surface area contributed by atoms with Crippen molar-refractivity contribution in [3.05, 3.63) is 10.7 Å². The monoisotopic (exact) mass is 248 g/mol. The second-order valence-corrected chi connectivity index (χ2v) is 2.73. The molecule has 0 bridgehead atoms. The maximum absolute atomic E-state index is 10.2. The van der Waals surface area contributed by atoms with E-state index in [-0.39, 0.29) is 11.9 Å². The van der Waals surface area contributed by atoms with Gasteiger partial charge < -0.3 is 14.6 Å². The van der Waals surface area contributed by atoms with Crippen molar-refractivity contribution in [2.45, 2.75) is 0 Å². The lowest BCUT2D eigenvalue weighted by atomic mass is 10.6. The number of aromatic nitrogens is 2. The molecule has 1 aromatic heterocycles. The molecule has 0 aromatic carbocycles. The molecule has 0 saturated heterocycles. The summed E-state index contributed by atoms with van der Waals surface area (Å²) in [5.74, 6) is -0.0978. The minimum atomic E-state index is -1.44. The molecule has 70 valence electrons. The second-order valence-electron chi connectivity index (χ2n) is 1.88. The molecule has 1 rings (SSSR count). The van der Waals surface area contributed by atoms with Crippen molar-refractivity contribution in [2.24, 2.45) is 0 Å². The molecule has 0 fully saturated rings. The molecule has 0 radical (unpaired) electrons. The van der Waals surface area contributed by atoms with Gasteiger partial charge in [0.05, 0.1) is 17.8 Å². The average Bonchev–Trinajstić information content (AvgIpc) is 2.08. The van der Waals surface area contributed by atoms with E-state index >= 15 is 0 Å².